The normalized spacial score (nSPS) is 29.1. The van der Waals surface area contributed by atoms with E-state index in [1.54, 1.807) is 0 Å². The standard InChI is InChI=1S/C10H16N5O13P3.Mg/c11-8-5-9(13-2-12-8)15(3-14-5)10-7(17)6(16)4(26-10)1-25-30(21,22)28-31(23,24)27-29(18,19)20;/h2-4,6-7,10,16-17H,1H2,(H,21,22)(H,23,24)(H2,11,12,13)(H2,18,19,20);/q;+2/p-2/t4-,6-,7+,10-;/m1./s1. The number of aliphatic hydroxyl groups is 2. The molecule has 3 heterocycles. The summed E-state index contributed by atoms with van der Waals surface area (Å²) in [5.41, 5.74) is 5.97. The maximum absolute atomic E-state index is 11.7. The minimum atomic E-state index is -6.01. The molecule has 3 rings (SSSR count). The number of fused-ring (bicyclic) bond motifs is 1. The minimum absolute atomic E-state index is 0. The number of nitrogens with two attached hydrogens (primary N) is 1. The molecular formula is C10H14MgN5O13P3. The van der Waals surface area contributed by atoms with Crippen molar-refractivity contribution in [2.45, 2.75) is 24.5 Å². The van der Waals surface area contributed by atoms with Crippen molar-refractivity contribution < 1.29 is 61.4 Å². The number of hydrogen-bond acceptors (Lipinski definition) is 15. The first-order valence-electron chi connectivity index (χ1n) is 7.88. The summed E-state index contributed by atoms with van der Waals surface area (Å²) in [5.74, 6) is 0.0322. The van der Waals surface area contributed by atoms with Gasteiger partial charge < -0.3 is 40.3 Å². The molecule has 0 amide bonds. The van der Waals surface area contributed by atoms with E-state index in [0.29, 0.717) is 0 Å². The maximum Gasteiger partial charge on any atom is 2.00 e. The molecule has 18 nitrogen and oxygen atoms in total. The Morgan fingerprint density at radius 2 is 1.78 bits per heavy atom. The van der Waals surface area contributed by atoms with Gasteiger partial charge in [-0.25, -0.2) is 28.1 Å². The second kappa shape index (κ2) is 9.95. The van der Waals surface area contributed by atoms with Gasteiger partial charge in [0, 0.05) is 0 Å². The van der Waals surface area contributed by atoms with Crippen molar-refractivity contribution in [2.75, 3.05) is 12.3 Å². The number of ether oxygens (including phenoxy) is 1. The van der Waals surface area contributed by atoms with E-state index in [4.69, 9.17) is 15.4 Å². The summed E-state index contributed by atoms with van der Waals surface area (Å²) in [5, 5.41) is 20.4. The second-order valence-corrected chi connectivity index (χ2v) is 10.3. The van der Waals surface area contributed by atoms with E-state index < -0.39 is 54.6 Å². The van der Waals surface area contributed by atoms with Crippen LogP contribution in [0.4, 0.5) is 5.82 Å². The van der Waals surface area contributed by atoms with E-state index in [-0.39, 0.29) is 40.0 Å². The van der Waals surface area contributed by atoms with Crippen LogP contribution in [0.1, 0.15) is 6.23 Å². The number of anilines is 1. The molecule has 1 saturated heterocycles. The molecule has 1 aliphatic heterocycles. The van der Waals surface area contributed by atoms with Crippen molar-refractivity contribution in [1.29, 1.82) is 0 Å². The van der Waals surface area contributed by atoms with E-state index >= 15 is 0 Å². The number of nitrogen functional groups attached to an aromatic ring is 1. The summed E-state index contributed by atoms with van der Waals surface area (Å²) in [6, 6.07) is 0. The topological polar surface area (TPSA) is 285 Å². The van der Waals surface area contributed by atoms with Crippen molar-refractivity contribution in [2.24, 2.45) is 0 Å². The number of rotatable bonds is 8. The fourth-order valence-electron chi connectivity index (χ4n) is 2.61. The molecule has 0 aliphatic carbocycles. The van der Waals surface area contributed by atoms with Gasteiger partial charge >= 0.3 is 30.9 Å². The van der Waals surface area contributed by atoms with Crippen molar-refractivity contribution >= 4 is 63.5 Å². The van der Waals surface area contributed by atoms with Crippen LogP contribution < -0.4 is 15.5 Å². The summed E-state index contributed by atoms with van der Waals surface area (Å²) < 4.78 is 51.0. The molecule has 1 aliphatic rings. The smallest absolute Gasteiger partial charge is 0.756 e. The Labute approximate surface area is 193 Å². The van der Waals surface area contributed by atoms with Gasteiger partial charge in [0.1, 0.15) is 30.2 Å². The summed E-state index contributed by atoms with van der Waals surface area (Å²) >= 11 is 0. The maximum atomic E-state index is 11.7. The first kappa shape index (κ1) is 27.6. The summed E-state index contributed by atoms with van der Waals surface area (Å²) in [6.07, 6.45) is -3.81. The summed E-state index contributed by atoms with van der Waals surface area (Å²) in [7, 11) is -17.4. The van der Waals surface area contributed by atoms with Crippen molar-refractivity contribution in [3.8, 4) is 0 Å². The Morgan fingerprint density at radius 3 is 2.41 bits per heavy atom. The number of nitrogens with zero attached hydrogens (tertiary/aromatic N) is 4. The van der Waals surface area contributed by atoms with Gasteiger partial charge in [-0.05, 0) is 0 Å². The molecule has 1 fully saturated rings. The average molecular weight is 529 g/mol. The van der Waals surface area contributed by atoms with Gasteiger partial charge in [-0.2, -0.15) is 0 Å². The number of aromatic nitrogens is 4. The van der Waals surface area contributed by atoms with Gasteiger partial charge in [0.25, 0.3) is 15.6 Å². The number of phosphoric ester groups is 1. The number of phosphoric acid groups is 3. The number of imidazole rings is 1. The number of aliphatic hydroxyl groups excluding tert-OH is 2. The van der Waals surface area contributed by atoms with Crippen LogP contribution >= 0.6 is 23.5 Å². The van der Waals surface area contributed by atoms with Crippen LogP contribution in [0.3, 0.4) is 0 Å². The van der Waals surface area contributed by atoms with Crippen LogP contribution in [-0.4, -0.2) is 87.5 Å². The van der Waals surface area contributed by atoms with E-state index in [0.717, 1.165) is 6.33 Å². The molecule has 0 bridgehead atoms. The van der Waals surface area contributed by atoms with Gasteiger partial charge in [0.05, 0.1) is 12.9 Å². The molecule has 0 saturated carbocycles. The van der Waals surface area contributed by atoms with E-state index in [1.165, 1.54) is 10.9 Å². The molecule has 6 N–H and O–H groups in total. The molecule has 0 radical (unpaired) electrons. The Balaban J connectivity index is 0.00000363. The zero-order valence-corrected chi connectivity index (χ0v) is 19.6. The Kier molecular flexibility index (Phi) is 8.60. The molecule has 22 heteroatoms. The molecule has 7 atom stereocenters. The van der Waals surface area contributed by atoms with Crippen LogP contribution in [0, 0.1) is 0 Å². The molecular weight excluding hydrogens is 515 g/mol. The van der Waals surface area contributed by atoms with Crippen LogP contribution in [0.15, 0.2) is 12.7 Å². The van der Waals surface area contributed by atoms with Gasteiger partial charge in [-0.15, -0.1) is 0 Å². The minimum Gasteiger partial charge on any atom is -0.756 e. The monoisotopic (exact) mass is 529 g/mol. The van der Waals surface area contributed by atoms with E-state index in [1.807, 2.05) is 0 Å². The molecule has 2 aromatic heterocycles. The zero-order valence-electron chi connectivity index (χ0n) is 15.5. The third kappa shape index (κ3) is 6.50. The zero-order chi connectivity index (χ0) is 23.2. The predicted octanol–water partition coefficient (Wildman–Crippen LogP) is -3.27. The summed E-state index contributed by atoms with van der Waals surface area (Å²) in [6.45, 7) is -1.000. The van der Waals surface area contributed by atoms with Crippen LogP contribution in [0.5, 0.6) is 0 Å². The third-order valence-electron chi connectivity index (χ3n) is 3.81. The Bertz CT molecular complexity index is 1110. The van der Waals surface area contributed by atoms with Gasteiger partial charge in [0.15, 0.2) is 17.7 Å². The van der Waals surface area contributed by atoms with Crippen LogP contribution in [-0.2, 0) is 31.6 Å². The molecule has 2 aromatic rings. The second-order valence-electron chi connectivity index (χ2n) is 5.97. The summed E-state index contributed by atoms with van der Waals surface area (Å²) in [4.78, 5) is 51.0. The molecule has 32 heavy (non-hydrogen) atoms. The average Bonchev–Trinajstić information content (AvgIpc) is 3.13. The van der Waals surface area contributed by atoms with Crippen LogP contribution in [0.25, 0.3) is 11.2 Å². The fraction of sp³-hybridized carbons (Fsp3) is 0.500. The predicted molar refractivity (Wildman–Crippen MR) is 96.8 cm³/mol. The van der Waals surface area contributed by atoms with Gasteiger partial charge in [-0.1, -0.05) is 0 Å². The molecule has 174 valence electrons. The fourth-order valence-corrected chi connectivity index (χ4v) is 5.55. The van der Waals surface area contributed by atoms with Gasteiger partial charge in [-0.3, -0.25) is 18.2 Å². The first-order chi connectivity index (χ1) is 14.2. The van der Waals surface area contributed by atoms with Crippen molar-refractivity contribution in [1.82, 2.24) is 19.5 Å². The van der Waals surface area contributed by atoms with Crippen molar-refractivity contribution in [3.63, 3.8) is 0 Å². The quantitative estimate of drug-likeness (QED) is 0.165. The van der Waals surface area contributed by atoms with E-state index in [2.05, 4.69) is 28.1 Å². The van der Waals surface area contributed by atoms with Gasteiger partial charge in [0.2, 0.25) is 0 Å². The van der Waals surface area contributed by atoms with Crippen molar-refractivity contribution in [3.05, 3.63) is 12.7 Å². The van der Waals surface area contributed by atoms with Crippen LogP contribution in [0.2, 0.25) is 0 Å². The first-order valence-corrected chi connectivity index (χ1v) is 12.3. The molecule has 0 spiro atoms. The molecule has 3 unspecified atom stereocenters. The Morgan fingerprint density at radius 1 is 1.12 bits per heavy atom. The third-order valence-corrected chi connectivity index (χ3v) is 7.53. The Hall–Kier alpha value is -0.594. The SMILES string of the molecule is Nc1ncnc2c1ncn2[C@@H]1O[C@H](COP(=O)(O)OP(=O)([O-])OP(=O)([O-])O)[C@@H](O)[C@@H]1O.[Mg+2]. The largest absolute Gasteiger partial charge is 2.00 e. The number of hydrogen-bond donors (Lipinski definition) is 5. The van der Waals surface area contributed by atoms with E-state index in [9.17, 15) is 38.6 Å². The molecule has 0 aromatic carbocycles.